The van der Waals surface area contributed by atoms with E-state index in [1.54, 1.807) is 6.07 Å². The number of hydrogen-bond donors (Lipinski definition) is 1. The molecule has 2 aliphatic rings. The molecule has 3 rings (SSSR count). The Kier molecular flexibility index (Phi) is 4.84. The summed E-state index contributed by atoms with van der Waals surface area (Å²) in [5.41, 5.74) is -0.657. The minimum Gasteiger partial charge on any atom is -0.481 e. The number of hydrogen-bond acceptors (Lipinski definition) is 2. The number of benzene rings is 1. The summed E-state index contributed by atoms with van der Waals surface area (Å²) in [7, 11) is 0. The Morgan fingerprint density at radius 3 is 2.48 bits per heavy atom. The smallest absolute Gasteiger partial charge is 0.416 e. The van der Waals surface area contributed by atoms with E-state index in [1.165, 1.54) is 12.1 Å². The van der Waals surface area contributed by atoms with Crippen LogP contribution in [0.5, 0.6) is 0 Å². The third kappa shape index (κ3) is 4.00. The number of alkyl halides is 3. The second-order valence-corrected chi connectivity index (χ2v) is 7.55. The molecule has 1 aromatic rings. The molecule has 0 heterocycles. The topological polar surface area (TPSA) is 46.5 Å². The van der Waals surface area contributed by atoms with E-state index in [1.807, 2.05) is 0 Å². The Balaban J connectivity index is 1.61. The number of fused-ring (bicyclic) bond motifs is 2. The summed E-state index contributed by atoms with van der Waals surface area (Å²) in [6.07, 6.45) is 1.83. The van der Waals surface area contributed by atoms with Gasteiger partial charge in [-0.3, -0.25) is 4.79 Å². The fourth-order valence-corrected chi connectivity index (χ4v) is 4.57. The molecule has 0 aromatic heterocycles. The first-order valence-electron chi connectivity index (χ1n) is 8.75. The highest BCUT2D eigenvalue weighted by atomic mass is 19.4. The van der Waals surface area contributed by atoms with Crippen LogP contribution in [0.15, 0.2) is 24.3 Å². The molecule has 3 nitrogen and oxygen atoms in total. The van der Waals surface area contributed by atoms with Crippen molar-refractivity contribution in [3.05, 3.63) is 35.4 Å². The van der Waals surface area contributed by atoms with E-state index >= 15 is 0 Å². The lowest BCUT2D eigenvalue weighted by Crippen LogP contribution is -2.27. The van der Waals surface area contributed by atoms with Gasteiger partial charge in [0.2, 0.25) is 0 Å². The van der Waals surface area contributed by atoms with Crippen molar-refractivity contribution in [3.63, 3.8) is 0 Å². The van der Waals surface area contributed by atoms with Gasteiger partial charge in [0.25, 0.3) is 0 Å². The summed E-state index contributed by atoms with van der Waals surface area (Å²) in [5.74, 6) is -0.779. The lowest BCUT2D eigenvalue weighted by molar-refractivity contribution is -0.140. The van der Waals surface area contributed by atoms with Gasteiger partial charge in [0.1, 0.15) is 0 Å². The Bertz CT molecular complexity index is 631. The molecule has 2 aliphatic carbocycles. The highest BCUT2D eigenvalue weighted by Gasteiger charge is 2.54. The summed E-state index contributed by atoms with van der Waals surface area (Å²) in [4.78, 5) is 10.7. The average Bonchev–Trinajstić information content (AvgIpc) is 3.08. The molecule has 2 bridgehead atoms. The molecule has 0 radical (unpaired) electrons. The number of carbonyl (C=O) groups is 1. The van der Waals surface area contributed by atoms with Crippen LogP contribution in [0.3, 0.4) is 0 Å². The van der Waals surface area contributed by atoms with Gasteiger partial charge in [0, 0.05) is 6.42 Å². The van der Waals surface area contributed by atoms with Gasteiger partial charge in [-0.25, -0.2) is 0 Å². The SMILES string of the molecule is O=C(O)CCCC12CCC(OCc3ccccc3C(F)(F)F)(CC1)C2. The molecule has 6 heteroatoms. The van der Waals surface area contributed by atoms with Crippen LogP contribution in [0.1, 0.15) is 62.5 Å². The molecule has 138 valence electrons. The minimum absolute atomic E-state index is 0.0269. The van der Waals surface area contributed by atoms with Crippen molar-refractivity contribution in [1.82, 2.24) is 0 Å². The first-order valence-corrected chi connectivity index (χ1v) is 8.75. The molecule has 2 fully saturated rings. The highest BCUT2D eigenvalue weighted by Crippen LogP contribution is 2.60. The Labute approximate surface area is 145 Å². The fraction of sp³-hybridized carbons (Fsp3) is 0.632. The number of carboxylic acid groups (broad SMARTS) is 1. The molecular formula is C19H23F3O3. The van der Waals surface area contributed by atoms with Crippen LogP contribution in [0, 0.1) is 5.41 Å². The summed E-state index contributed by atoms with van der Waals surface area (Å²) in [6.45, 7) is -0.0269. The van der Waals surface area contributed by atoms with Gasteiger partial charge in [0.05, 0.1) is 17.8 Å². The zero-order valence-electron chi connectivity index (χ0n) is 14.1. The Morgan fingerprint density at radius 2 is 1.84 bits per heavy atom. The second-order valence-electron chi connectivity index (χ2n) is 7.55. The zero-order chi connectivity index (χ0) is 18.1. The van der Waals surface area contributed by atoms with Crippen molar-refractivity contribution in [1.29, 1.82) is 0 Å². The van der Waals surface area contributed by atoms with Gasteiger partial charge in [0.15, 0.2) is 0 Å². The Hall–Kier alpha value is -1.56. The minimum atomic E-state index is -4.37. The van der Waals surface area contributed by atoms with Crippen molar-refractivity contribution in [2.75, 3.05) is 0 Å². The maximum atomic E-state index is 13.1. The summed E-state index contributed by atoms with van der Waals surface area (Å²) in [6, 6.07) is 5.56. The van der Waals surface area contributed by atoms with Crippen molar-refractivity contribution in [2.45, 2.75) is 69.8 Å². The van der Waals surface area contributed by atoms with Crippen molar-refractivity contribution in [2.24, 2.45) is 5.41 Å². The lowest BCUT2D eigenvalue weighted by atomic mass is 9.80. The van der Waals surface area contributed by atoms with Gasteiger partial charge < -0.3 is 9.84 Å². The molecule has 2 saturated carbocycles. The molecule has 0 amide bonds. The molecule has 0 spiro atoms. The van der Waals surface area contributed by atoms with Crippen LogP contribution in [-0.2, 0) is 22.3 Å². The van der Waals surface area contributed by atoms with E-state index in [0.717, 1.165) is 44.6 Å². The molecule has 0 unspecified atom stereocenters. The number of halogens is 3. The van der Waals surface area contributed by atoms with E-state index in [2.05, 4.69) is 0 Å². The van der Waals surface area contributed by atoms with Gasteiger partial charge in [-0.05, 0) is 62.0 Å². The summed E-state index contributed by atoms with van der Waals surface area (Å²) >= 11 is 0. The van der Waals surface area contributed by atoms with Crippen LogP contribution < -0.4 is 0 Å². The molecule has 1 N–H and O–H groups in total. The number of carboxylic acids is 1. The fourth-order valence-electron chi connectivity index (χ4n) is 4.57. The third-order valence-electron chi connectivity index (χ3n) is 5.87. The quantitative estimate of drug-likeness (QED) is 0.732. The van der Waals surface area contributed by atoms with Gasteiger partial charge in [-0.2, -0.15) is 13.2 Å². The van der Waals surface area contributed by atoms with Crippen molar-refractivity contribution in [3.8, 4) is 0 Å². The predicted molar refractivity (Wildman–Crippen MR) is 86.0 cm³/mol. The normalized spacial score (nSPS) is 28.4. The zero-order valence-corrected chi connectivity index (χ0v) is 14.1. The molecular weight excluding hydrogens is 333 g/mol. The van der Waals surface area contributed by atoms with Crippen molar-refractivity contribution < 1.29 is 27.8 Å². The lowest BCUT2D eigenvalue weighted by Gasteiger charge is -2.28. The molecule has 0 saturated heterocycles. The van der Waals surface area contributed by atoms with Crippen LogP contribution >= 0.6 is 0 Å². The molecule has 25 heavy (non-hydrogen) atoms. The molecule has 0 atom stereocenters. The maximum Gasteiger partial charge on any atom is 0.416 e. The van der Waals surface area contributed by atoms with E-state index < -0.39 is 17.7 Å². The van der Waals surface area contributed by atoms with E-state index in [-0.39, 0.29) is 29.6 Å². The Morgan fingerprint density at radius 1 is 1.16 bits per heavy atom. The van der Waals surface area contributed by atoms with Gasteiger partial charge in [-0.1, -0.05) is 18.2 Å². The first-order chi connectivity index (χ1) is 11.7. The average molecular weight is 356 g/mol. The van der Waals surface area contributed by atoms with Crippen LogP contribution in [0.4, 0.5) is 13.2 Å². The molecule has 0 aliphatic heterocycles. The van der Waals surface area contributed by atoms with E-state index in [0.29, 0.717) is 6.42 Å². The van der Waals surface area contributed by atoms with E-state index in [9.17, 15) is 18.0 Å². The number of rotatable bonds is 7. The number of aliphatic carboxylic acids is 1. The number of ether oxygens (including phenoxy) is 1. The summed E-state index contributed by atoms with van der Waals surface area (Å²) < 4.78 is 45.3. The highest BCUT2D eigenvalue weighted by molar-refractivity contribution is 5.66. The largest absolute Gasteiger partial charge is 0.481 e. The standard InChI is InChI=1S/C19H23F3O3/c20-19(21,22)15-5-2-1-4-14(15)12-25-18-10-8-17(13-18,9-11-18)7-3-6-16(23)24/h1-2,4-5H,3,6-13H2,(H,23,24). The predicted octanol–water partition coefficient (Wildman–Crippen LogP) is 5.18. The van der Waals surface area contributed by atoms with Crippen molar-refractivity contribution >= 4 is 5.97 Å². The van der Waals surface area contributed by atoms with Crippen LogP contribution in [0.2, 0.25) is 0 Å². The maximum absolute atomic E-state index is 13.1. The summed E-state index contributed by atoms with van der Waals surface area (Å²) in [5, 5.41) is 8.79. The van der Waals surface area contributed by atoms with E-state index in [4.69, 9.17) is 9.84 Å². The third-order valence-corrected chi connectivity index (χ3v) is 5.87. The van der Waals surface area contributed by atoms with Crippen LogP contribution in [-0.4, -0.2) is 16.7 Å². The first kappa shape index (κ1) is 18.2. The monoisotopic (exact) mass is 356 g/mol. The second kappa shape index (κ2) is 6.63. The van der Waals surface area contributed by atoms with Crippen LogP contribution in [0.25, 0.3) is 0 Å². The van der Waals surface area contributed by atoms with Gasteiger partial charge in [-0.15, -0.1) is 0 Å². The molecule has 1 aromatic carbocycles. The van der Waals surface area contributed by atoms with Gasteiger partial charge >= 0.3 is 12.1 Å².